The molecule has 0 radical (unpaired) electrons. The first-order valence-corrected chi connectivity index (χ1v) is 13.0. The van der Waals surface area contributed by atoms with E-state index in [0.717, 1.165) is 43.4 Å². The first kappa shape index (κ1) is 25.2. The van der Waals surface area contributed by atoms with Crippen molar-refractivity contribution in [3.8, 4) is 0 Å². The highest BCUT2D eigenvalue weighted by Gasteiger charge is 2.48. The third kappa shape index (κ3) is 5.17. The van der Waals surface area contributed by atoms with Crippen molar-refractivity contribution < 1.29 is 28.4 Å². The summed E-state index contributed by atoms with van der Waals surface area (Å²) < 4.78 is 11.9. The van der Waals surface area contributed by atoms with E-state index in [1.165, 1.54) is 0 Å². The van der Waals surface area contributed by atoms with E-state index in [9.17, 15) is 14.7 Å². The Labute approximate surface area is 216 Å². The number of benzene rings is 2. The second kappa shape index (κ2) is 10.5. The van der Waals surface area contributed by atoms with E-state index in [1.54, 1.807) is 61.5 Å². The second-order valence-electron chi connectivity index (χ2n) is 10.3. The van der Waals surface area contributed by atoms with E-state index in [0.29, 0.717) is 30.0 Å². The van der Waals surface area contributed by atoms with Gasteiger partial charge in [-0.2, -0.15) is 0 Å². The summed E-state index contributed by atoms with van der Waals surface area (Å²) in [6.07, 6.45) is 2.44. The van der Waals surface area contributed by atoms with Gasteiger partial charge in [-0.15, -0.1) is 0 Å². The van der Waals surface area contributed by atoms with Gasteiger partial charge in [0.1, 0.15) is 12.3 Å². The molecule has 1 atom stereocenters. The summed E-state index contributed by atoms with van der Waals surface area (Å²) in [5.74, 6) is -0.108. The fourth-order valence-electron chi connectivity index (χ4n) is 5.82. The minimum Gasteiger partial charge on any atom is -0.834 e. The number of fused-ring (bicyclic) bond motifs is 3. The molecule has 2 aromatic carbocycles. The van der Waals surface area contributed by atoms with Crippen molar-refractivity contribution in [3.63, 3.8) is 0 Å². The number of nitrogens with zero attached hydrogens (tertiary/aromatic N) is 2. The molecular formula is C29H33N3O5. The Kier molecular flexibility index (Phi) is 7.13. The number of carbonyl (C=O) groups excluding carboxylic acids is 2. The van der Waals surface area contributed by atoms with Crippen LogP contribution in [0.5, 0.6) is 0 Å². The number of amides is 1. The predicted molar refractivity (Wildman–Crippen MR) is 134 cm³/mol. The van der Waals surface area contributed by atoms with Crippen molar-refractivity contribution in [2.45, 2.75) is 37.9 Å². The van der Waals surface area contributed by atoms with E-state index in [4.69, 9.17) is 9.26 Å². The topological polar surface area (TPSA) is 104 Å². The average Bonchev–Trinajstić information content (AvgIpc) is 3.38. The molecule has 0 aliphatic carbocycles. The number of esters is 1. The highest BCUT2D eigenvalue weighted by Crippen LogP contribution is 2.37. The van der Waals surface area contributed by atoms with Gasteiger partial charge in [-0.25, -0.2) is 0 Å². The van der Waals surface area contributed by atoms with Crippen LogP contribution in [0.2, 0.25) is 0 Å². The van der Waals surface area contributed by atoms with Crippen molar-refractivity contribution in [2.75, 3.05) is 32.7 Å². The van der Waals surface area contributed by atoms with E-state index >= 15 is 0 Å². The largest absolute Gasteiger partial charge is 0.834 e. The molecule has 8 nitrogen and oxygen atoms in total. The van der Waals surface area contributed by atoms with Gasteiger partial charge in [0.05, 0.1) is 19.6 Å². The quantitative estimate of drug-likeness (QED) is 0.273. The van der Waals surface area contributed by atoms with Gasteiger partial charge >= 0.3 is 5.97 Å². The first-order valence-electron chi connectivity index (χ1n) is 13.0. The van der Waals surface area contributed by atoms with Gasteiger partial charge in [0.15, 0.2) is 11.8 Å². The lowest BCUT2D eigenvalue weighted by Crippen LogP contribution is -2.65. The van der Waals surface area contributed by atoms with Crippen molar-refractivity contribution in [2.24, 2.45) is 5.92 Å². The Morgan fingerprint density at radius 3 is 2.27 bits per heavy atom. The summed E-state index contributed by atoms with van der Waals surface area (Å²) in [5, 5.41) is 20.9. The number of quaternary nitrogens is 1. The third-order valence-corrected chi connectivity index (χ3v) is 7.90. The van der Waals surface area contributed by atoms with Crippen LogP contribution in [0.25, 0.3) is 0 Å². The molecule has 3 saturated heterocycles. The first-order chi connectivity index (χ1) is 17.9. The minimum absolute atomic E-state index is 0.241. The lowest BCUT2D eigenvalue weighted by molar-refractivity contribution is -0.946. The van der Waals surface area contributed by atoms with Crippen molar-refractivity contribution in [1.82, 2.24) is 10.5 Å². The summed E-state index contributed by atoms with van der Waals surface area (Å²) in [4.78, 5) is 25.8. The average molecular weight is 504 g/mol. The molecule has 1 aromatic heterocycles. The van der Waals surface area contributed by atoms with E-state index < -0.39 is 11.6 Å². The second-order valence-corrected chi connectivity index (χ2v) is 10.3. The Bertz CT molecular complexity index is 1180. The molecule has 1 amide bonds. The summed E-state index contributed by atoms with van der Waals surface area (Å²) in [7, 11) is 0. The SMILES string of the molecule is Cc1cc(C(=O)NCCC[N+]23CCC(CC2)C(OC(=O)C([O-])(c2ccccc2)c2ccccc2)C3)no1. The van der Waals surface area contributed by atoms with Crippen LogP contribution in [0.15, 0.2) is 71.3 Å². The molecule has 3 aliphatic heterocycles. The summed E-state index contributed by atoms with van der Waals surface area (Å²) in [6.45, 7) is 5.90. The minimum atomic E-state index is -2.12. The number of aryl methyl sites for hydroxylation is 1. The number of carbonyl (C=O) groups is 2. The van der Waals surface area contributed by atoms with Crippen LogP contribution in [-0.4, -0.2) is 60.3 Å². The van der Waals surface area contributed by atoms with Gasteiger partial charge < -0.3 is 24.2 Å². The van der Waals surface area contributed by atoms with Gasteiger partial charge in [0, 0.05) is 43.4 Å². The van der Waals surface area contributed by atoms with Gasteiger partial charge in [-0.3, -0.25) is 9.59 Å². The number of hydrogen-bond donors (Lipinski definition) is 1. The highest BCUT2D eigenvalue weighted by atomic mass is 16.6. The highest BCUT2D eigenvalue weighted by molar-refractivity contribution is 5.92. The molecular weight excluding hydrogens is 470 g/mol. The van der Waals surface area contributed by atoms with Crippen molar-refractivity contribution in [3.05, 3.63) is 89.3 Å². The molecule has 8 heteroatoms. The van der Waals surface area contributed by atoms with Crippen LogP contribution < -0.4 is 10.4 Å². The van der Waals surface area contributed by atoms with Crippen LogP contribution in [0, 0.1) is 12.8 Å². The Morgan fingerprint density at radius 2 is 1.70 bits per heavy atom. The Morgan fingerprint density at radius 1 is 1.08 bits per heavy atom. The maximum absolute atomic E-state index is 14.2. The summed E-state index contributed by atoms with van der Waals surface area (Å²) in [6, 6.07) is 19.1. The number of rotatable bonds is 9. The molecule has 1 unspecified atom stereocenters. The monoisotopic (exact) mass is 503 g/mol. The van der Waals surface area contributed by atoms with Gasteiger partial charge in [-0.05, 0) is 18.1 Å². The predicted octanol–water partition coefficient (Wildman–Crippen LogP) is 2.56. The molecule has 0 saturated carbocycles. The Hall–Kier alpha value is -3.49. The number of piperidine rings is 3. The molecule has 3 aromatic rings. The fourth-order valence-corrected chi connectivity index (χ4v) is 5.82. The van der Waals surface area contributed by atoms with E-state index in [2.05, 4.69) is 10.5 Å². The zero-order valence-corrected chi connectivity index (χ0v) is 21.1. The van der Waals surface area contributed by atoms with Crippen molar-refractivity contribution in [1.29, 1.82) is 0 Å². The third-order valence-electron chi connectivity index (χ3n) is 7.90. The lowest BCUT2D eigenvalue weighted by Gasteiger charge is -2.53. The van der Waals surface area contributed by atoms with Crippen LogP contribution in [-0.2, 0) is 15.1 Å². The molecule has 4 heterocycles. The zero-order valence-electron chi connectivity index (χ0n) is 21.1. The molecule has 194 valence electrons. The van der Waals surface area contributed by atoms with Crippen LogP contribution >= 0.6 is 0 Å². The molecule has 3 fully saturated rings. The van der Waals surface area contributed by atoms with E-state index in [-0.39, 0.29) is 23.6 Å². The van der Waals surface area contributed by atoms with Gasteiger partial charge in [-0.1, -0.05) is 65.8 Å². The lowest BCUT2D eigenvalue weighted by atomic mass is 9.82. The van der Waals surface area contributed by atoms with Crippen molar-refractivity contribution >= 4 is 11.9 Å². The number of nitrogens with one attached hydrogen (secondary N) is 1. The molecule has 6 rings (SSSR count). The van der Waals surface area contributed by atoms with Gasteiger partial charge in [0.2, 0.25) is 0 Å². The molecule has 3 aliphatic rings. The van der Waals surface area contributed by atoms with Crippen LogP contribution in [0.4, 0.5) is 0 Å². The number of aromatic nitrogens is 1. The molecule has 1 N–H and O–H groups in total. The summed E-state index contributed by atoms with van der Waals surface area (Å²) in [5.41, 5.74) is -1.07. The van der Waals surface area contributed by atoms with Gasteiger partial charge in [0.25, 0.3) is 5.91 Å². The summed E-state index contributed by atoms with van der Waals surface area (Å²) >= 11 is 0. The maximum Gasteiger partial charge on any atom is 0.304 e. The zero-order chi connectivity index (χ0) is 25.9. The fraction of sp³-hybridized carbons (Fsp3) is 0.414. The molecule has 0 spiro atoms. The standard InChI is InChI=1S/C29H33N3O5/c1-21-19-25(31-37-21)27(33)30-15-8-16-32-17-13-22(14-18-32)26(20-32)36-28(34)29(35,23-9-4-2-5-10-23)24-11-6-3-7-12-24/h2-7,9-12,19,22,26H,8,13-18,20H2,1H3,(H,30,33). The smallest absolute Gasteiger partial charge is 0.304 e. The Balaban J connectivity index is 1.24. The normalized spacial score (nSPS) is 23.0. The van der Waals surface area contributed by atoms with Crippen LogP contribution in [0.3, 0.4) is 0 Å². The molecule has 2 bridgehead atoms. The maximum atomic E-state index is 14.2. The van der Waals surface area contributed by atoms with E-state index in [1.807, 2.05) is 12.1 Å². The number of hydrogen-bond acceptors (Lipinski definition) is 6. The molecule has 37 heavy (non-hydrogen) atoms. The number of ether oxygens (including phenoxy) is 1. The van der Waals surface area contributed by atoms with Crippen LogP contribution in [0.1, 0.15) is 46.6 Å².